The van der Waals surface area contributed by atoms with Crippen LogP contribution in [0.2, 0.25) is 5.02 Å². The summed E-state index contributed by atoms with van der Waals surface area (Å²) >= 11 is 6.72. The first-order chi connectivity index (χ1) is 19.4. The largest absolute Gasteiger partial charge is 0.369 e. The number of nitrogens with one attached hydrogen (secondary N) is 1. The monoisotopic (exact) mass is 553 g/mol. The highest BCUT2D eigenvalue weighted by Gasteiger charge is 2.17. The smallest absolute Gasteiger partial charge is 0.260 e. The molecule has 0 unspecified atom stereocenters. The van der Waals surface area contributed by atoms with Crippen molar-refractivity contribution in [2.24, 2.45) is 7.05 Å². The first-order valence-electron chi connectivity index (χ1n) is 13.5. The van der Waals surface area contributed by atoms with Gasteiger partial charge in [-0.1, -0.05) is 23.7 Å². The third kappa shape index (κ3) is 5.08. The molecule has 9 heteroatoms. The van der Waals surface area contributed by atoms with E-state index in [4.69, 9.17) is 16.6 Å². The van der Waals surface area contributed by atoms with Crippen molar-refractivity contribution < 1.29 is 0 Å². The van der Waals surface area contributed by atoms with E-state index in [1.54, 1.807) is 10.8 Å². The summed E-state index contributed by atoms with van der Waals surface area (Å²) in [7, 11) is 4.14. The molecule has 0 bridgehead atoms. The Hall–Kier alpha value is -4.14. The number of hydrogen-bond donors (Lipinski definition) is 1. The van der Waals surface area contributed by atoms with E-state index in [2.05, 4.69) is 39.3 Å². The lowest BCUT2D eigenvalue weighted by molar-refractivity contribution is 0.313. The molecule has 4 heterocycles. The fourth-order valence-corrected chi connectivity index (χ4v) is 5.52. The molecule has 0 saturated carbocycles. The number of piperazine rings is 1. The van der Waals surface area contributed by atoms with Gasteiger partial charge in [-0.25, -0.2) is 4.98 Å². The summed E-state index contributed by atoms with van der Waals surface area (Å²) in [6.07, 6.45) is 5.79. The quantitative estimate of drug-likeness (QED) is 0.294. The lowest BCUT2D eigenvalue weighted by atomic mass is 10.0. The predicted octanol–water partition coefficient (Wildman–Crippen LogP) is 5.63. The van der Waals surface area contributed by atoms with Gasteiger partial charge in [-0.2, -0.15) is 4.98 Å². The zero-order valence-electron chi connectivity index (χ0n) is 22.9. The normalized spacial score (nSPS) is 14.2. The minimum Gasteiger partial charge on any atom is -0.369 e. The van der Waals surface area contributed by atoms with Gasteiger partial charge in [-0.15, -0.1) is 0 Å². The summed E-state index contributed by atoms with van der Waals surface area (Å²) in [6, 6.07) is 18.0. The first-order valence-corrected chi connectivity index (χ1v) is 13.9. The molecule has 1 saturated heterocycles. The Morgan fingerprint density at radius 3 is 2.38 bits per heavy atom. The van der Waals surface area contributed by atoms with Crippen LogP contribution in [0.5, 0.6) is 0 Å². The number of aryl methyl sites for hydroxylation is 2. The average molecular weight is 554 g/mol. The molecule has 5 aromatic rings. The molecule has 0 amide bonds. The van der Waals surface area contributed by atoms with Crippen LogP contribution in [0.4, 0.5) is 17.3 Å². The number of nitrogens with zero attached hydrogens (tertiary/aromatic N) is 6. The van der Waals surface area contributed by atoms with Crippen molar-refractivity contribution in [3.63, 3.8) is 0 Å². The lowest BCUT2D eigenvalue weighted by Gasteiger charge is -2.34. The second-order valence-electron chi connectivity index (χ2n) is 10.3. The van der Waals surface area contributed by atoms with Crippen LogP contribution in [-0.2, 0) is 13.6 Å². The van der Waals surface area contributed by atoms with Crippen LogP contribution < -0.4 is 15.8 Å². The standard InChI is InChI=1S/C31H32ClN7O/c1-4-39-29-23(17-27(30(39)40)26-10-5-21(18-28(26)32)22-11-12-37(3)20-22)19-33-31(35-29)34-24-6-8-25(9-7-24)38-15-13-36(2)14-16-38/h5-12,17-20H,4,13-16H2,1-3H3,(H,33,34,35). The molecule has 0 radical (unpaired) electrons. The fraction of sp³-hybridized carbons (Fsp3) is 0.258. The number of hydrogen-bond acceptors (Lipinski definition) is 6. The zero-order chi connectivity index (χ0) is 27.8. The van der Waals surface area contributed by atoms with Crippen molar-refractivity contribution >= 4 is 40.0 Å². The molecule has 40 heavy (non-hydrogen) atoms. The molecule has 204 valence electrons. The summed E-state index contributed by atoms with van der Waals surface area (Å²) in [5, 5.41) is 4.60. The summed E-state index contributed by atoms with van der Waals surface area (Å²) < 4.78 is 3.67. The van der Waals surface area contributed by atoms with E-state index in [0.29, 0.717) is 34.3 Å². The minimum atomic E-state index is -0.134. The molecular formula is C31H32ClN7O. The summed E-state index contributed by atoms with van der Waals surface area (Å²) in [4.78, 5) is 27.6. The maximum atomic E-state index is 13.6. The maximum Gasteiger partial charge on any atom is 0.260 e. The zero-order valence-corrected chi connectivity index (χ0v) is 23.7. The number of fused-ring (bicyclic) bond motifs is 1. The van der Waals surface area contributed by atoms with Crippen LogP contribution in [0.15, 0.2) is 78.0 Å². The van der Waals surface area contributed by atoms with Crippen LogP contribution in [0, 0.1) is 0 Å². The van der Waals surface area contributed by atoms with E-state index >= 15 is 0 Å². The van der Waals surface area contributed by atoms with E-state index in [0.717, 1.165) is 48.4 Å². The van der Waals surface area contributed by atoms with E-state index in [-0.39, 0.29) is 5.56 Å². The number of benzene rings is 2. The average Bonchev–Trinajstić information content (AvgIpc) is 3.40. The third-order valence-corrected chi connectivity index (χ3v) is 7.87. The number of halogens is 1. The fourth-order valence-electron chi connectivity index (χ4n) is 5.24. The van der Waals surface area contributed by atoms with Crippen molar-refractivity contribution in [1.29, 1.82) is 0 Å². The van der Waals surface area contributed by atoms with Gasteiger partial charge in [0.2, 0.25) is 5.95 Å². The number of pyridine rings is 1. The highest BCUT2D eigenvalue weighted by Crippen LogP contribution is 2.32. The molecule has 0 atom stereocenters. The Bertz CT molecular complexity index is 1730. The van der Waals surface area contributed by atoms with E-state index in [9.17, 15) is 4.79 Å². The summed E-state index contributed by atoms with van der Waals surface area (Å²) in [5.74, 6) is 0.444. The van der Waals surface area contributed by atoms with E-state index in [1.807, 2.05) is 73.4 Å². The van der Waals surface area contributed by atoms with E-state index in [1.165, 1.54) is 5.69 Å². The van der Waals surface area contributed by atoms with Crippen LogP contribution in [0.3, 0.4) is 0 Å². The molecule has 0 aliphatic carbocycles. The molecule has 1 aliphatic rings. The molecular weight excluding hydrogens is 522 g/mol. The molecule has 3 aromatic heterocycles. The molecule has 1 fully saturated rings. The van der Waals surface area contributed by atoms with E-state index < -0.39 is 0 Å². The Morgan fingerprint density at radius 2 is 1.70 bits per heavy atom. The highest BCUT2D eigenvalue weighted by atomic mass is 35.5. The second kappa shape index (κ2) is 10.8. The van der Waals surface area contributed by atoms with Crippen molar-refractivity contribution in [2.45, 2.75) is 13.5 Å². The number of aromatic nitrogens is 4. The van der Waals surface area contributed by atoms with Gasteiger partial charge in [0, 0.05) is 91.3 Å². The van der Waals surface area contributed by atoms with Gasteiger partial charge >= 0.3 is 0 Å². The van der Waals surface area contributed by atoms with Crippen molar-refractivity contribution in [2.75, 3.05) is 43.4 Å². The molecule has 1 N–H and O–H groups in total. The number of likely N-dealkylation sites (N-methyl/N-ethyl adjacent to an activating group) is 1. The highest BCUT2D eigenvalue weighted by molar-refractivity contribution is 6.33. The summed E-state index contributed by atoms with van der Waals surface area (Å²) in [6.45, 7) is 6.59. The van der Waals surface area contributed by atoms with Gasteiger partial charge in [-0.05, 0) is 67.6 Å². The minimum absolute atomic E-state index is 0.134. The van der Waals surface area contributed by atoms with Gasteiger partial charge in [-0.3, -0.25) is 9.36 Å². The molecule has 6 rings (SSSR count). The van der Waals surface area contributed by atoms with Crippen molar-refractivity contribution in [1.82, 2.24) is 24.0 Å². The first kappa shape index (κ1) is 26.1. The Kier molecular flexibility index (Phi) is 7.04. The maximum absolute atomic E-state index is 13.6. The Labute approximate surface area is 238 Å². The SMILES string of the molecule is CCn1c(=O)c(-c2ccc(-c3ccn(C)c3)cc2Cl)cc2cnc(Nc3ccc(N4CCN(C)CC4)cc3)nc21. The van der Waals surface area contributed by atoms with Gasteiger partial charge in [0.15, 0.2) is 0 Å². The van der Waals surface area contributed by atoms with Crippen LogP contribution >= 0.6 is 11.6 Å². The predicted molar refractivity (Wildman–Crippen MR) is 164 cm³/mol. The summed E-state index contributed by atoms with van der Waals surface area (Å²) in [5.41, 5.74) is 5.85. The molecule has 8 nitrogen and oxygen atoms in total. The van der Waals surface area contributed by atoms with Gasteiger partial charge in [0.25, 0.3) is 5.56 Å². The van der Waals surface area contributed by atoms with Gasteiger partial charge in [0.05, 0.1) is 0 Å². The van der Waals surface area contributed by atoms with Gasteiger partial charge < -0.3 is 19.7 Å². The number of rotatable bonds is 6. The van der Waals surface area contributed by atoms with Crippen molar-refractivity contribution in [3.8, 4) is 22.3 Å². The molecule has 2 aromatic carbocycles. The van der Waals surface area contributed by atoms with Gasteiger partial charge in [0.1, 0.15) is 5.65 Å². The van der Waals surface area contributed by atoms with Crippen molar-refractivity contribution in [3.05, 3.63) is 88.6 Å². The molecule has 0 spiro atoms. The van der Waals surface area contributed by atoms with Crippen LogP contribution in [0.1, 0.15) is 6.92 Å². The lowest BCUT2D eigenvalue weighted by Crippen LogP contribution is -2.44. The number of anilines is 3. The second-order valence-corrected chi connectivity index (χ2v) is 10.7. The Morgan fingerprint density at radius 1 is 0.925 bits per heavy atom. The van der Waals surface area contributed by atoms with Crippen LogP contribution in [-0.4, -0.2) is 57.2 Å². The van der Waals surface area contributed by atoms with Crippen LogP contribution in [0.25, 0.3) is 33.3 Å². The topological polar surface area (TPSA) is 71.2 Å². The molecule has 1 aliphatic heterocycles. The Balaban J connectivity index is 1.28. The third-order valence-electron chi connectivity index (χ3n) is 7.56.